The molecule has 6 nitrogen and oxygen atoms in total. The zero-order valence-corrected chi connectivity index (χ0v) is 18.8. The van der Waals surface area contributed by atoms with Crippen LogP contribution in [-0.2, 0) is 11.2 Å². The molecule has 0 radical (unpaired) electrons. The summed E-state index contributed by atoms with van der Waals surface area (Å²) in [5, 5.41) is 3.36. The Hall–Kier alpha value is -3.04. The number of carbonyl (C=O) groups is 2. The Morgan fingerprint density at radius 2 is 1.94 bits per heavy atom. The molecule has 0 spiro atoms. The van der Waals surface area contributed by atoms with Crippen LogP contribution in [0.15, 0.2) is 36.5 Å². The van der Waals surface area contributed by atoms with Gasteiger partial charge in [-0.3, -0.25) is 9.20 Å². The summed E-state index contributed by atoms with van der Waals surface area (Å²) in [6, 6.07) is 7.89. The van der Waals surface area contributed by atoms with E-state index in [-0.39, 0.29) is 18.3 Å². The Kier molecular flexibility index (Phi) is 5.88. The van der Waals surface area contributed by atoms with E-state index in [9.17, 15) is 14.0 Å². The highest BCUT2D eigenvalue weighted by Crippen LogP contribution is 2.32. The van der Waals surface area contributed by atoms with E-state index in [1.807, 2.05) is 24.4 Å². The Labute approximate surface area is 186 Å². The van der Waals surface area contributed by atoms with Gasteiger partial charge in [-0.1, -0.05) is 18.3 Å². The zero-order valence-electron chi connectivity index (χ0n) is 17.2. The van der Waals surface area contributed by atoms with Crippen molar-refractivity contribution in [2.24, 2.45) is 0 Å². The fraction of sp³-hybridized carbons (Fsp3) is 0.227. The minimum atomic E-state index is -0.449. The number of ether oxygens (including phenoxy) is 1. The van der Waals surface area contributed by atoms with Crippen LogP contribution in [0.5, 0.6) is 0 Å². The molecule has 4 rings (SSSR count). The van der Waals surface area contributed by atoms with Crippen molar-refractivity contribution in [3.05, 3.63) is 63.4 Å². The minimum absolute atomic E-state index is 0.265. The summed E-state index contributed by atoms with van der Waals surface area (Å²) in [5.74, 6) is -1.05. The van der Waals surface area contributed by atoms with Gasteiger partial charge < -0.3 is 10.1 Å². The maximum atomic E-state index is 13.2. The number of thiazole rings is 1. The van der Waals surface area contributed by atoms with Gasteiger partial charge in [-0.05, 0) is 50.6 Å². The van der Waals surface area contributed by atoms with E-state index in [0.717, 1.165) is 22.6 Å². The number of nitrogens with zero attached hydrogens (tertiary/aromatic N) is 2. The quantitative estimate of drug-likeness (QED) is 0.385. The Bertz CT molecular complexity index is 1270. The van der Waals surface area contributed by atoms with Crippen LogP contribution in [-0.4, -0.2) is 27.9 Å². The van der Waals surface area contributed by atoms with Gasteiger partial charge >= 0.3 is 5.97 Å². The highest BCUT2D eigenvalue weighted by atomic mass is 32.1. The monoisotopic (exact) mass is 457 g/mol. The number of rotatable bonds is 6. The lowest BCUT2D eigenvalue weighted by Crippen LogP contribution is -2.14. The number of halogens is 1. The predicted octanol–water partition coefficient (Wildman–Crippen LogP) is 5.56. The lowest BCUT2D eigenvalue weighted by Gasteiger charge is -2.05. The van der Waals surface area contributed by atoms with Gasteiger partial charge in [-0.25, -0.2) is 14.2 Å². The van der Waals surface area contributed by atoms with Gasteiger partial charge in [0.25, 0.3) is 5.91 Å². The van der Waals surface area contributed by atoms with Gasteiger partial charge in [-0.2, -0.15) is 0 Å². The van der Waals surface area contributed by atoms with Crippen LogP contribution in [0.25, 0.3) is 16.2 Å². The first-order chi connectivity index (χ1) is 14.9. The first kappa shape index (κ1) is 21.2. The number of nitrogens with one attached hydrogen (secondary N) is 1. The summed E-state index contributed by atoms with van der Waals surface area (Å²) in [5.41, 5.74) is 2.61. The maximum absolute atomic E-state index is 13.2. The number of hydrogen-bond donors (Lipinski definition) is 1. The van der Waals surface area contributed by atoms with Gasteiger partial charge in [0.15, 0.2) is 4.96 Å². The second kappa shape index (κ2) is 8.60. The SMILES string of the molecule is CCOC(=O)c1cc(CC)sc1NC(=O)c1sc2nc(-c3ccc(F)cc3)cn2c1C. The number of benzene rings is 1. The smallest absolute Gasteiger partial charge is 0.341 e. The summed E-state index contributed by atoms with van der Waals surface area (Å²) < 4.78 is 20.1. The zero-order chi connectivity index (χ0) is 22.1. The van der Waals surface area contributed by atoms with Gasteiger partial charge in [-0.15, -0.1) is 11.3 Å². The normalized spacial score (nSPS) is 11.1. The highest BCUT2D eigenvalue weighted by molar-refractivity contribution is 7.19. The first-order valence-corrected chi connectivity index (χ1v) is 11.4. The minimum Gasteiger partial charge on any atom is -0.462 e. The van der Waals surface area contributed by atoms with E-state index in [4.69, 9.17) is 4.74 Å². The standard InChI is InChI=1S/C22H20FN3O3S2/c1-4-15-10-16(21(28)29-5-2)20(30-15)25-19(27)18-12(3)26-11-17(24-22(26)31-18)13-6-8-14(23)9-7-13/h6-11H,4-5H2,1-3H3,(H,25,27). The van der Waals surface area contributed by atoms with Crippen molar-refractivity contribution >= 4 is 44.5 Å². The van der Waals surface area contributed by atoms with Crippen LogP contribution < -0.4 is 5.32 Å². The molecule has 160 valence electrons. The van der Waals surface area contributed by atoms with E-state index in [1.54, 1.807) is 25.1 Å². The largest absolute Gasteiger partial charge is 0.462 e. The molecule has 0 unspecified atom stereocenters. The molecule has 0 aliphatic carbocycles. The molecule has 0 aliphatic heterocycles. The molecule has 1 aromatic carbocycles. The molecule has 0 atom stereocenters. The highest BCUT2D eigenvalue weighted by Gasteiger charge is 2.22. The molecule has 4 aromatic rings. The average Bonchev–Trinajstić information content (AvgIpc) is 3.43. The van der Waals surface area contributed by atoms with Crippen LogP contribution in [0.2, 0.25) is 0 Å². The van der Waals surface area contributed by atoms with Crippen molar-refractivity contribution in [2.45, 2.75) is 27.2 Å². The Balaban J connectivity index is 1.62. The average molecular weight is 458 g/mol. The Morgan fingerprint density at radius 1 is 1.19 bits per heavy atom. The number of imidazole rings is 1. The number of hydrogen-bond acceptors (Lipinski definition) is 6. The molecule has 0 aliphatic rings. The molecule has 1 N–H and O–H groups in total. The lowest BCUT2D eigenvalue weighted by molar-refractivity contribution is 0.0528. The fourth-order valence-corrected chi connectivity index (χ4v) is 5.13. The molecule has 9 heteroatoms. The predicted molar refractivity (Wildman–Crippen MR) is 121 cm³/mol. The maximum Gasteiger partial charge on any atom is 0.341 e. The van der Waals surface area contributed by atoms with Crippen molar-refractivity contribution in [2.75, 3.05) is 11.9 Å². The third kappa shape index (κ3) is 4.11. The van der Waals surface area contributed by atoms with E-state index in [1.165, 1.54) is 34.8 Å². The summed E-state index contributed by atoms with van der Waals surface area (Å²) in [6.45, 7) is 5.84. The second-order valence-electron chi connectivity index (χ2n) is 6.79. The van der Waals surface area contributed by atoms with Crippen molar-refractivity contribution in [1.82, 2.24) is 9.38 Å². The van der Waals surface area contributed by atoms with Crippen LogP contribution in [0, 0.1) is 12.7 Å². The fourth-order valence-electron chi connectivity index (χ4n) is 3.15. The number of amides is 1. The summed E-state index contributed by atoms with van der Waals surface area (Å²) in [7, 11) is 0. The summed E-state index contributed by atoms with van der Waals surface area (Å²) in [6.07, 6.45) is 2.58. The lowest BCUT2D eigenvalue weighted by atomic mass is 10.2. The number of thiophene rings is 1. The molecule has 0 saturated carbocycles. The van der Waals surface area contributed by atoms with Gasteiger partial charge in [0.05, 0.1) is 17.9 Å². The molecule has 0 fully saturated rings. The molecule has 3 aromatic heterocycles. The first-order valence-electron chi connectivity index (χ1n) is 9.76. The van der Waals surface area contributed by atoms with E-state index in [0.29, 0.717) is 26.1 Å². The molecule has 0 bridgehead atoms. The van der Waals surface area contributed by atoms with E-state index < -0.39 is 5.97 Å². The van der Waals surface area contributed by atoms with Crippen molar-refractivity contribution in [1.29, 1.82) is 0 Å². The van der Waals surface area contributed by atoms with Crippen LogP contribution in [0.1, 0.15) is 44.4 Å². The Morgan fingerprint density at radius 3 is 2.58 bits per heavy atom. The van der Waals surface area contributed by atoms with E-state index in [2.05, 4.69) is 10.3 Å². The number of fused-ring (bicyclic) bond motifs is 1. The van der Waals surface area contributed by atoms with Crippen LogP contribution in [0.4, 0.5) is 9.39 Å². The number of carbonyl (C=O) groups excluding carboxylic acids is 2. The number of aryl methyl sites for hydroxylation is 2. The second-order valence-corrected chi connectivity index (χ2v) is 8.90. The topological polar surface area (TPSA) is 72.7 Å². The molecule has 1 amide bonds. The number of aromatic nitrogens is 2. The molecule has 31 heavy (non-hydrogen) atoms. The molecular weight excluding hydrogens is 437 g/mol. The molecular formula is C22H20FN3O3S2. The molecule has 3 heterocycles. The van der Waals surface area contributed by atoms with Crippen molar-refractivity contribution in [3.63, 3.8) is 0 Å². The summed E-state index contributed by atoms with van der Waals surface area (Å²) in [4.78, 5) is 32.0. The van der Waals surface area contributed by atoms with Crippen LogP contribution >= 0.6 is 22.7 Å². The number of anilines is 1. The number of esters is 1. The van der Waals surface area contributed by atoms with Gasteiger partial charge in [0, 0.05) is 22.3 Å². The van der Waals surface area contributed by atoms with Crippen molar-refractivity contribution in [3.8, 4) is 11.3 Å². The van der Waals surface area contributed by atoms with Gasteiger partial charge in [0.1, 0.15) is 15.7 Å². The van der Waals surface area contributed by atoms with Gasteiger partial charge in [0.2, 0.25) is 0 Å². The third-order valence-electron chi connectivity index (χ3n) is 4.76. The van der Waals surface area contributed by atoms with E-state index >= 15 is 0 Å². The summed E-state index contributed by atoms with van der Waals surface area (Å²) >= 11 is 2.63. The third-order valence-corrected chi connectivity index (χ3v) is 7.11. The van der Waals surface area contributed by atoms with Crippen molar-refractivity contribution < 1.29 is 18.7 Å². The van der Waals surface area contributed by atoms with Crippen LogP contribution in [0.3, 0.4) is 0 Å². The molecule has 0 saturated heterocycles.